The summed E-state index contributed by atoms with van der Waals surface area (Å²) in [5.74, 6) is 0. The topological polar surface area (TPSA) is 44.9 Å². The Morgan fingerprint density at radius 3 is 2.57 bits per heavy atom. The van der Waals surface area contributed by atoms with Crippen molar-refractivity contribution in [3.05, 3.63) is 74.6 Å². The molecular formula is C16H12Cl2N2O. The quantitative estimate of drug-likeness (QED) is 0.749. The summed E-state index contributed by atoms with van der Waals surface area (Å²) in [6, 6.07) is 12.9. The molecule has 0 bridgehead atoms. The van der Waals surface area contributed by atoms with E-state index >= 15 is 0 Å². The maximum atomic E-state index is 11.8. The van der Waals surface area contributed by atoms with Crippen molar-refractivity contribution in [1.29, 1.82) is 0 Å². The van der Waals surface area contributed by atoms with Crippen molar-refractivity contribution in [2.24, 2.45) is 0 Å². The van der Waals surface area contributed by atoms with E-state index in [4.69, 9.17) is 23.2 Å². The van der Waals surface area contributed by atoms with Crippen LogP contribution >= 0.6 is 23.2 Å². The second kappa shape index (κ2) is 5.80. The van der Waals surface area contributed by atoms with Crippen molar-refractivity contribution in [2.75, 3.05) is 5.32 Å². The molecule has 3 rings (SSSR count). The molecule has 106 valence electrons. The number of hydrogen-bond donors (Lipinski definition) is 2. The number of aromatic amines is 1. The summed E-state index contributed by atoms with van der Waals surface area (Å²) < 4.78 is 0. The number of fused-ring (bicyclic) bond motifs is 1. The molecule has 5 heteroatoms. The number of halogens is 2. The number of aromatic nitrogens is 1. The molecule has 0 fully saturated rings. The first-order valence-electron chi connectivity index (χ1n) is 6.43. The summed E-state index contributed by atoms with van der Waals surface area (Å²) >= 11 is 12.3. The van der Waals surface area contributed by atoms with E-state index in [2.05, 4.69) is 10.3 Å². The minimum absolute atomic E-state index is 0.105. The first kappa shape index (κ1) is 14.0. The van der Waals surface area contributed by atoms with Crippen molar-refractivity contribution < 1.29 is 0 Å². The molecule has 1 heterocycles. The second-order valence-corrected chi connectivity index (χ2v) is 5.48. The predicted octanol–water partition coefficient (Wildman–Crippen LogP) is 4.45. The van der Waals surface area contributed by atoms with Gasteiger partial charge in [0.1, 0.15) is 0 Å². The van der Waals surface area contributed by atoms with Gasteiger partial charge in [0.15, 0.2) is 0 Å². The predicted molar refractivity (Wildman–Crippen MR) is 88.4 cm³/mol. The highest BCUT2D eigenvalue weighted by atomic mass is 35.5. The fourth-order valence-corrected chi connectivity index (χ4v) is 2.72. The van der Waals surface area contributed by atoms with Crippen LogP contribution in [0.2, 0.25) is 10.0 Å². The maximum Gasteiger partial charge on any atom is 0.255 e. The zero-order chi connectivity index (χ0) is 14.8. The Balaban J connectivity index is 1.89. The van der Waals surface area contributed by atoms with Gasteiger partial charge in [-0.25, -0.2) is 0 Å². The van der Waals surface area contributed by atoms with Gasteiger partial charge in [0, 0.05) is 39.4 Å². The standard InChI is InChI=1S/C16H12Cl2N2O/c17-14-2-1-3-15(18)13(14)9-20-11-5-4-10-6-7-19-16(21)12(10)8-11/h1-8,20H,9H2,(H,19,21). The third kappa shape index (κ3) is 2.89. The van der Waals surface area contributed by atoms with Gasteiger partial charge in [0.05, 0.1) is 0 Å². The monoisotopic (exact) mass is 318 g/mol. The number of rotatable bonds is 3. The molecule has 2 N–H and O–H groups in total. The minimum Gasteiger partial charge on any atom is -0.381 e. The van der Waals surface area contributed by atoms with Crippen molar-refractivity contribution >= 4 is 39.7 Å². The molecule has 3 aromatic rings. The average Bonchev–Trinajstić information content (AvgIpc) is 2.47. The lowest BCUT2D eigenvalue weighted by atomic mass is 10.1. The first-order chi connectivity index (χ1) is 10.1. The molecule has 1 aromatic heterocycles. The SMILES string of the molecule is O=c1[nH]ccc2ccc(NCc3c(Cl)cccc3Cl)cc12. The summed E-state index contributed by atoms with van der Waals surface area (Å²) in [7, 11) is 0. The number of H-pyrrole nitrogens is 1. The normalized spacial score (nSPS) is 10.8. The van der Waals surface area contributed by atoms with Crippen LogP contribution in [0.4, 0.5) is 5.69 Å². The van der Waals surface area contributed by atoms with Gasteiger partial charge in [0.2, 0.25) is 0 Å². The Morgan fingerprint density at radius 1 is 1.05 bits per heavy atom. The first-order valence-corrected chi connectivity index (χ1v) is 7.19. The molecule has 0 radical (unpaired) electrons. The Bertz CT molecular complexity index is 838. The lowest BCUT2D eigenvalue weighted by Gasteiger charge is -2.10. The molecule has 0 aliphatic rings. The zero-order valence-electron chi connectivity index (χ0n) is 11.0. The van der Waals surface area contributed by atoms with Gasteiger partial charge in [-0.05, 0) is 35.7 Å². The molecular weight excluding hydrogens is 307 g/mol. The van der Waals surface area contributed by atoms with Crippen LogP contribution in [0, 0.1) is 0 Å². The van der Waals surface area contributed by atoms with Crippen LogP contribution < -0.4 is 10.9 Å². The van der Waals surface area contributed by atoms with E-state index in [-0.39, 0.29) is 5.56 Å². The molecule has 3 nitrogen and oxygen atoms in total. The smallest absolute Gasteiger partial charge is 0.255 e. The van der Waals surface area contributed by atoms with Crippen LogP contribution in [-0.4, -0.2) is 4.98 Å². The highest BCUT2D eigenvalue weighted by molar-refractivity contribution is 6.36. The van der Waals surface area contributed by atoms with Crippen LogP contribution in [0.3, 0.4) is 0 Å². The van der Waals surface area contributed by atoms with Crippen LogP contribution in [0.1, 0.15) is 5.56 Å². The van der Waals surface area contributed by atoms with Gasteiger partial charge < -0.3 is 10.3 Å². The largest absolute Gasteiger partial charge is 0.381 e. The lowest BCUT2D eigenvalue weighted by molar-refractivity contribution is 1.15. The highest BCUT2D eigenvalue weighted by Gasteiger charge is 2.06. The van der Waals surface area contributed by atoms with Crippen LogP contribution in [-0.2, 0) is 6.54 Å². The molecule has 0 saturated heterocycles. The molecule has 0 amide bonds. The Kier molecular flexibility index (Phi) is 3.86. The maximum absolute atomic E-state index is 11.8. The lowest BCUT2D eigenvalue weighted by Crippen LogP contribution is -2.06. The molecule has 21 heavy (non-hydrogen) atoms. The fourth-order valence-electron chi connectivity index (χ4n) is 2.18. The molecule has 0 saturated carbocycles. The third-order valence-corrected chi connectivity index (χ3v) is 4.01. The van der Waals surface area contributed by atoms with Gasteiger partial charge in [0.25, 0.3) is 5.56 Å². The molecule has 0 aliphatic heterocycles. The van der Waals surface area contributed by atoms with Gasteiger partial charge in [-0.1, -0.05) is 35.3 Å². The van der Waals surface area contributed by atoms with Gasteiger partial charge in [-0.2, -0.15) is 0 Å². The van der Waals surface area contributed by atoms with Crippen molar-refractivity contribution in [2.45, 2.75) is 6.54 Å². The Labute approximate surface area is 131 Å². The molecule has 0 aliphatic carbocycles. The summed E-state index contributed by atoms with van der Waals surface area (Å²) in [6.07, 6.45) is 1.64. The van der Waals surface area contributed by atoms with E-state index in [9.17, 15) is 4.79 Å². The number of anilines is 1. The molecule has 0 unspecified atom stereocenters. The summed E-state index contributed by atoms with van der Waals surface area (Å²) in [5, 5.41) is 6.03. The number of nitrogens with one attached hydrogen (secondary N) is 2. The van der Waals surface area contributed by atoms with E-state index in [0.717, 1.165) is 16.6 Å². The van der Waals surface area contributed by atoms with E-state index in [1.165, 1.54) is 0 Å². The third-order valence-electron chi connectivity index (χ3n) is 3.31. The molecule has 0 atom stereocenters. The zero-order valence-corrected chi connectivity index (χ0v) is 12.5. The fraction of sp³-hybridized carbons (Fsp3) is 0.0625. The number of pyridine rings is 1. The van der Waals surface area contributed by atoms with Gasteiger partial charge >= 0.3 is 0 Å². The highest BCUT2D eigenvalue weighted by Crippen LogP contribution is 2.25. The van der Waals surface area contributed by atoms with E-state index in [0.29, 0.717) is 22.0 Å². The van der Waals surface area contributed by atoms with Gasteiger partial charge in [-0.15, -0.1) is 0 Å². The van der Waals surface area contributed by atoms with Crippen LogP contribution in [0.5, 0.6) is 0 Å². The molecule has 0 spiro atoms. The summed E-state index contributed by atoms with van der Waals surface area (Å²) in [4.78, 5) is 14.5. The van der Waals surface area contributed by atoms with E-state index in [1.807, 2.05) is 30.3 Å². The van der Waals surface area contributed by atoms with Crippen LogP contribution in [0.25, 0.3) is 10.8 Å². The molecule has 2 aromatic carbocycles. The summed E-state index contributed by atoms with van der Waals surface area (Å²) in [6.45, 7) is 0.495. The second-order valence-electron chi connectivity index (χ2n) is 4.66. The van der Waals surface area contributed by atoms with Crippen molar-refractivity contribution in [3.8, 4) is 0 Å². The van der Waals surface area contributed by atoms with Gasteiger partial charge in [-0.3, -0.25) is 4.79 Å². The van der Waals surface area contributed by atoms with E-state index < -0.39 is 0 Å². The minimum atomic E-state index is -0.105. The van der Waals surface area contributed by atoms with Crippen molar-refractivity contribution in [1.82, 2.24) is 4.98 Å². The Hall–Kier alpha value is -1.97. The number of hydrogen-bond acceptors (Lipinski definition) is 2. The van der Waals surface area contributed by atoms with Crippen molar-refractivity contribution in [3.63, 3.8) is 0 Å². The summed E-state index contributed by atoms with van der Waals surface area (Å²) in [5.41, 5.74) is 1.57. The number of benzene rings is 2. The van der Waals surface area contributed by atoms with Crippen LogP contribution in [0.15, 0.2) is 53.5 Å². The average molecular weight is 319 g/mol. The van der Waals surface area contributed by atoms with E-state index in [1.54, 1.807) is 18.3 Å². The Morgan fingerprint density at radius 2 is 1.81 bits per heavy atom.